The van der Waals surface area contributed by atoms with Crippen LogP contribution in [0.25, 0.3) is 0 Å². The molecule has 0 saturated carbocycles. The second-order valence-electron chi connectivity index (χ2n) is 3.76. The van der Waals surface area contributed by atoms with Crippen LogP contribution in [-0.4, -0.2) is 26.9 Å². The number of nitrogens with one attached hydrogen (secondary N) is 1. The maximum atomic E-state index is 6.12. The molecule has 1 unspecified atom stereocenters. The summed E-state index contributed by atoms with van der Waals surface area (Å²) in [5, 5.41) is 4.18. The Hall–Kier alpha value is -0.480. The topological polar surface area (TPSA) is 30.5 Å². The maximum Gasteiger partial charge on any atom is 0.142 e. The molecule has 0 heterocycles. The van der Waals surface area contributed by atoms with Gasteiger partial charge in [0.05, 0.1) is 11.1 Å². The van der Waals surface area contributed by atoms with Crippen LogP contribution in [0.15, 0.2) is 12.1 Å². The molecule has 0 spiro atoms. The molecule has 0 bridgehead atoms. The van der Waals surface area contributed by atoms with Gasteiger partial charge in [-0.15, -0.1) is 0 Å². The number of methoxy groups -OCH3 is 1. The van der Waals surface area contributed by atoms with Crippen LogP contribution in [-0.2, 0) is 11.3 Å². The number of benzene rings is 1. The second-order valence-corrected chi connectivity index (χ2v) is 4.61. The molecule has 3 nitrogen and oxygen atoms in total. The Kier molecular flexibility index (Phi) is 6.06. The predicted octanol–water partition coefficient (Wildman–Crippen LogP) is 3.13. The normalized spacial score (nSPS) is 12.5. The van der Waals surface area contributed by atoms with E-state index in [0.29, 0.717) is 28.9 Å². The average Bonchev–Trinajstić information content (AvgIpc) is 2.27. The average molecular weight is 278 g/mol. The van der Waals surface area contributed by atoms with Gasteiger partial charge in [0, 0.05) is 24.2 Å². The van der Waals surface area contributed by atoms with E-state index < -0.39 is 0 Å². The van der Waals surface area contributed by atoms with Crippen molar-refractivity contribution in [3.8, 4) is 5.75 Å². The van der Waals surface area contributed by atoms with Gasteiger partial charge in [0.1, 0.15) is 12.4 Å². The Bertz CT molecular complexity index is 372. The summed E-state index contributed by atoms with van der Waals surface area (Å²) >= 11 is 12.1. The lowest BCUT2D eigenvalue weighted by molar-refractivity contribution is 0.0713. The maximum absolute atomic E-state index is 6.12. The summed E-state index contributed by atoms with van der Waals surface area (Å²) in [4.78, 5) is 0. The van der Waals surface area contributed by atoms with Crippen LogP contribution in [0.5, 0.6) is 5.75 Å². The Morgan fingerprint density at radius 2 is 2.06 bits per heavy atom. The molecule has 0 aliphatic heterocycles. The van der Waals surface area contributed by atoms with Crippen LogP contribution in [0.2, 0.25) is 10.0 Å². The third-order valence-corrected chi connectivity index (χ3v) is 2.82. The third kappa shape index (κ3) is 4.36. The first-order chi connectivity index (χ1) is 8.08. The predicted molar refractivity (Wildman–Crippen MR) is 71.2 cm³/mol. The summed E-state index contributed by atoms with van der Waals surface area (Å²) in [6, 6.07) is 3.52. The minimum absolute atomic E-state index is 0.0178. The number of halogens is 2. The van der Waals surface area contributed by atoms with Crippen LogP contribution in [0.1, 0.15) is 12.5 Å². The minimum Gasteiger partial charge on any atom is -0.489 e. The van der Waals surface area contributed by atoms with Gasteiger partial charge in [0.2, 0.25) is 0 Å². The molecular weight excluding hydrogens is 261 g/mol. The molecule has 0 aliphatic carbocycles. The van der Waals surface area contributed by atoms with Crippen molar-refractivity contribution < 1.29 is 9.47 Å². The molecule has 1 aromatic carbocycles. The second kappa shape index (κ2) is 7.07. The molecule has 0 saturated heterocycles. The van der Waals surface area contributed by atoms with E-state index in [0.717, 1.165) is 5.56 Å². The van der Waals surface area contributed by atoms with Gasteiger partial charge in [-0.1, -0.05) is 23.2 Å². The van der Waals surface area contributed by atoms with Crippen LogP contribution in [0.4, 0.5) is 0 Å². The summed E-state index contributed by atoms with van der Waals surface area (Å²) in [6.07, 6.45) is 0.0178. The van der Waals surface area contributed by atoms with E-state index in [1.807, 2.05) is 20.0 Å². The molecule has 96 valence electrons. The zero-order valence-corrected chi connectivity index (χ0v) is 11.7. The molecule has 0 aromatic heterocycles. The Balaban J connectivity index is 2.87. The van der Waals surface area contributed by atoms with Gasteiger partial charge in [-0.25, -0.2) is 0 Å². The molecule has 1 N–H and O–H groups in total. The molecule has 17 heavy (non-hydrogen) atoms. The first-order valence-corrected chi connectivity index (χ1v) is 6.12. The summed E-state index contributed by atoms with van der Waals surface area (Å²) in [5.41, 5.74) is 0.938. The van der Waals surface area contributed by atoms with E-state index in [2.05, 4.69) is 5.32 Å². The van der Waals surface area contributed by atoms with Gasteiger partial charge in [-0.05, 0) is 26.1 Å². The fraction of sp³-hybridized carbons (Fsp3) is 0.500. The first kappa shape index (κ1) is 14.6. The number of hydrogen-bond donors (Lipinski definition) is 1. The highest BCUT2D eigenvalue weighted by Gasteiger charge is 2.11. The summed E-state index contributed by atoms with van der Waals surface area (Å²) < 4.78 is 10.8. The Morgan fingerprint density at radius 1 is 1.35 bits per heavy atom. The number of hydrogen-bond acceptors (Lipinski definition) is 3. The molecule has 0 amide bonds. The highest BCUT2D eigenvalue weighted by atomic mass is 35.5. The van der Waals surface area contributed by atoms with Crippen molar-refractivity contribution in [1.82, 2.24) is 5.32 Å². The molecule has 1 aromatic rings. The molecule has 0 aliphatic rings. The van der Waals surface area contributed by atoms with Crippen molar-refractivity contribution in [2.24, 2.45) is 0 Å². The lowest BCUT2D eigenvalue weighted by Gasteiger charge is -2.16. The molecule has 5 heteroatoms. The van der Waals surface area contributed by atoms with Gasteiger partial charge in [0.15, 0.2) is 0 Å². The van der Waals surface area contributed by atoms with Gasteiger partial charge in [-0.2, -0.15) is 0 Å². The lowest BCUT2D eigenvalue weighted by atomic mass is 10.2. The monoisotopic (exact) mass is 277 g/mol. The largest absolute Gasteiger partial charge is 0.489 e. The minimum atomic E-state index is 0.0178. The molecule has 0 radical (unpaired) electrons. The molecule has 0 fully saturated rings. The van der Waals surface area contributed by atoms with Crippen molar-refractivity contribution in [3.63, 3.8) is 0 Å². The fourth-order valence-corrected chi connectivity index (χ4v) is 1.96. The van der Waals surface area contributed by atoms with Gasteiger partial charge in [-0.3, -0.25) is 0 Å². The number of rotatable bonds is 6. The van der Waals surface area contributed by atoms with Crippen molar-refractivity contribution >= 4 is 23.2 Å². The van der Waals surface area contributed by atoms with Gasteiger partial charge < -0.3 is 14.8 Å². The van der Waals surface area contributed by atoms with Crippen LogP contribution in [0.3, 0.4) is 0 Å². The van der Waals surface area contributed by atoms with Crippen LogP contribution < -0.4 is 10.1 Å². The quantitative estimate of drug-likeness (QED) is 0.867. The SMILES string of the molecule is CNCc1cc(Cl)cc(Cl)c1OCC(C)OC. The van der Waals surface area contributed by atoms with E-state index in [4.69, 9.17) is 32.7 Å². The lowest BCUT2D eigenvalue weighted by Crippen LogP contribution is -2.17. The fourth-order valence-electron chi connectivity index (χ4n) is 1.37. The summed E-state index contributed by atoms with van der Waals surface area (Å²) in [6.45, 7) is 3.03. The number of ether oxygens (including phenoxy) is 2. The Morgan fingerprint density at radius 3 is 2.65 bits per heavy atom. The standard InChI is InChI=1S/C12H17Cl2NO2/c1-8(16-3)7-17-12-9(6-15-2)4-10(13)5-11(12)14/h4-5,8,15H,6-7H2,1-3H3. The van der Waals surface area contributed by atoms with Gasteiger partial charge in [0.25, 0.3) is 0 Å². The first-order valence-electron chi connectivity index (χ1n) is 5.36. The Labute approximate surface area is 112 Å². The zero-order chi connectivity index (χ0) is 12.8. The molecule has 1 rings (SSSR count). The van der Waals surface area contributed by atoms with Gasteiger partial charge >= 0.3 is 0 Å². The molecular formula is C12H17Cl2NO2. The van der Waals surface area contributed by atoms with Crippen molar-refractivity contribution in [2.75, 3.05) is 20.8 Å². The van der Waals surface area contributed by atoms with Crippen molar-refractivity contribution in [2.45, 2.75) is 19.6 Å². The van der Waals surface area contributed by atoms with E-state index in [9.17, 15) is 0 Å². The summed E-state index contributed by atoms with van der Waals surface area (Å²) in [7, 11) is 3.50. The van der Waals surface area contributed by atoms with E-state index in [1.54, 1.807) is 13.2 Å². The van der Waals surface area contributed by atoms with E-state index >= 15 is 0 Å². The zero-order valence-electron chi connectivity index (χ0n) is 10.2. The van der Waals surface area contributed by atoms with Crippen molar-refractivity contribution in [3.05, 3.63) is 27.7 Å². The molecule has 1 atom stereocenters. The van der Waals surface area contributed by atoms with Crippen molar-refractivity contribution in [1.29, 1.82) is 0 Å². The van der Waals surface area contributed by atoms with Crippen LogP contribution in [0, 0.1) is 0 Å². The van der Waals surface area contributed by atoms with Crippen LogP contribution >= 0.6 is 23.2 Å². The smallest absolute Gasteiger partial charge is 0.142 e. The summed E-state index contributed by atoms with van der Waals surface area (Å²) in [5.74, 6) is 0.661. The van der Waals surface area contributed by atoms with E-state index in [-0.39, 0.29) is 6.10 Å². The van der Waals surface area contributed by atoms with E-state index in [1.165, 1.54) is 0 Å². The third-order valence-electron chi connectivity index (χ3n) is 2.32. The highest BCUT2D eigenvalue weighted by Crippen LogP contribution is 2.32. The highest BCUT2D eigenvalue weighted by molar-refractivity contribution is 6.35.